The van der Waals surface area contributed by atoms with E-state index in [1.807, 2.05) is 0 Å². The molecule has 0 aliphatic heterocycles. The van der Waals surface area contributed by atoms with Gasteiger partial charge in [0.05, 0.1) is 11.5 Å². The number of carbonyl (C=O) groups is 1. The summed E-state index contributed by atoms with van der Waals surface area (Å²) < 4.78 is 0. The van der Waals surface area contributed by atoms with Gasteiger partial charge in [-0.1, -0.05) is 0 Å². The van der Waals surface area contributed by atoms with Crippen molar-refractivity contribution in [1.82, 2.24) is 0 Å². The molecule has 2 fully saturated rings. The fourth-order valence-corrected chi connectivity index (χ4v) is 2.35. The predicted molar refractivity (Wildman–Crippen MR) is 39.6 cm³/mol. The normalized spacial score (nSPS) is 42.1. The molecule has 0 aromatic heterocycles. The first-order valence-electron chi connectivity index (χ1n) is 4.22. The number of hydrogen-bond acceptors (Lipinski definition) is 2. The molecule has 2 aliphatic carbocycles. The van der Waals surface area contributed by atoms with Gasteiger partial charge in [0, 0.05) is 12.3 Å². The third-order valence-corrected chi connectivity index (χ3v) is 3.20. The zero-order valence-electron chi connectivity index (χ0n) is 6.47. The van der Waals surface area contributed by atoms with Crippen molar-refractivity contribution in [3.63, 3.8) is 0 Å². The number of Topliss-reactive ketones (excluding diaryl/α,β-unsaturated/α-hetero) is 1. The van der Waals surface area contributed by atoms with Crippen molar-refractivity contribution in [1.29, 1.82) is 5.26 Å². The topological polar surface area (TPSA) is 40.9 Å². The molecule has 58 valence electrons. The van der Waals surface area contributed by atoms with Crippen LogP contribution in [-0.2, 0) is 4.79 Å². The molecule has 0 amide bonds. The van der Waals surface area contributed by atoms with Gasteiger partial charge in [-0.2, -0.15) is 5.26 Å². The maximum atomic E-state index is 11.3. The first-order valence-corrected chi connectivity index (χ1v) is 4.22. The molecule has 0 spiro atoms. The average molecular weight is 149 g/mol. The van der Waals surface area contributed by atoms with E-state index >= 15 is 0 Å². The molecule has 0 N–H and O–H groups in total. The van der Waals surface area contributed by atoms with E-state index in [-0.39, 0.29) is 11.3 Å². The Labute approximate surface area is 66.2 Å². The Hall–Kier alpha value is -0.840. The molecule has 0 aromatic carbocycles. The van der Waals surface area contributed by atoms with Gasteiger partial charge in [0.25, 0.3) is 0 Å². The van der Waals surface area contributed by atoms with Crippen LogP contribution >= 0.6 is 0 Å². The number of fused-ring (bicyclic) bond motifs is 1. The van der Waals surface area contributed by atoms with Crippen LogP contribution < -0.4 is 0 Å². The van der Waals surface area contributed by atoms with Gasteiger partial charge in [-0.15, -0.1) is 0 Å². The molecule has 0 radical (unpaired) electrons. The van der Waals surface area contributed by atoms with Crippen LogP contribution in [0, 0.1) is 22.7 Å². The fourth-order valence-electron chi connectivity index (χ4n) is 2.35. The second-order valence-electron chi connectivity index (χ2n) is 3.68. The van der Waals surface area contributed by atoms with E-state index < -0.39 is 0 Å². The van der Waals surface area contributed by atoms with Crippen LogP contribution in [0.25, 0.3) is 0 Å². The molecule has 11 heavy (non-hydrogen) atoms. The standard InChI is InChI=1S/C9H11NO/c10-6-9-4-1-2-8(11)7(9)3-5-9/h7H,1-5H2/t7?,9-/m1/s1. The van der Waals surface area contributed by atoms with Crippen LogP contribution in [0.3, 0.4) is 0 Å². The van der Waals surface area contributed by atoms with Crippen molar-refractivity contribution in [3.05, 3.63) is 0 Å². The zero-order valence-corrected chi connectivity index (χ0v) is 6.47. The number of hydrogen-bond donors (Lipinski definition) is 0. The van der Waals surface area contributed by atoms with Gasteiger partial charge in [0.1, 0.15) is 5.78 Å². The molecule has 2 heteroatoms. The Morgan fingerprint density at radius 1 is 1.55 bits per heavy atom. The quantitative estimate of drug-likeness (QED) is 0.525. The Morgan fingerprint density at radius 3 is 2.82 bits per heavy atom. The third kappa shape index (κ3) is 0.742. The van der Waals surface area contributed by atoms with E-state index in [1.54, 1.807) is 0 Å². The molecule has 2 rings (SSSR count). The van der Waals surface area contributed by atoms with Crippen LogP contribution in [0.5, 0.6) is 0 Å². The van der Waals surface area contributed by atoms with Crippen LogP contribution in [0.1, 0.15) is 32.1 Å². The highest BCUT2D eigenvalue weighted by Gasteiger charge is 2.52. The molecule has 2 atom stereocenters. The van der Waals surface area contributed by atoms with Gasteiger partial charge < -0.3 is 0 Å². The number of ketones is 1. The predicted octanol–water partition coefficient (Wildman–Crippen LogP) is 1.66. The molecule has 2 aliphatic rings. The van der Waals surface area contributed by atoms with Gasteiger partial charge in [-0.25, -0.2) is 0 Å². The van der Waals surface area contributed by atoms with Gasteiger partial charge in [-0.05, 0) is 25.7 Å². The largest absolute Gasteiger partial charge is 0.299 e. The molecule has 0 heterocycles. The van der Waals surface area contributed by atoms with E-state index in [4.69, 9.17) is 5.26 Å². The maximum Gasteiger partial charge on any atom is 0.137 e. The van der Waals surface area contributed by atoms with Crippen LogP contribution in [0.4, 0.5) is 0 Å². The highest BCUT2D eigenvalue weighted by Crippen LogP contribution is 2.53. The van der Waals surface area contributed by atoms with Crippen molar-refractivity contribution >= 4 is 5.78 Å². The Kier molecular flexibility index (Phi) is 1.29. The van der Waals surface area contributed by atoms with Gasteiger partial charge in [0.15, 0.2) is 0 Å². The summed E-state index contributed by atoms with van der Waals surface area (Å²) in [5.74, 6) is 0.449. The average Bonchev–Trinajstić information content (AvgIpc) is 1.94. The molecule has 0 bridgehead atoms. The van der Waals surface area contributed by atoms with Gasteiger partial charge in [0.2, 0.25) is 0 Å². The lowest BCUT2D eigenvalue weighted by molar-refractivity contribution is -0.135. The monoisotopic (exact) mass is 149 g/mol. The zero-order chi connectivity index (χ0) is 7.90. The number of nitrogens with zero attached hydrogens (tertiary/aromatic N) is 1. The number of rotatable bonds is 0. The van der Waals surface area contributed by atoms with Crippen LogP contribution in [-0.4, -0.2) is 5.78 Å². The lowest BCUT2D eigenvalue weighted by atomic mass is 9.54. The van der Waals surface area contributed by atoms with Gasteiger partial charge in [-0.3, -0.25) is 4.79 Å². The van der Waals surface area contributed by atoms with Crippen molar-refractivity contribution < 1.29 is 4.79 Å². The van der Waals surface area contributed by atoms with Crippen molar-refractivity contribution in [3.8, 4) is 6.07 Å². The van der Waals surface area contributed by atoms with E-state index in [0.717, 1.165) is 25.7 Å². The molecule has 1 unspecified atom stereocenters. The summed E-state index contributed by atoms with van der Waals surface area (Å²) >= 11 is 0. The van der Waals surface area contributed by atoms with Gasteiger partial charge >= 0.3 is 0 Å². The summed E-state index contributed by atoms with van der Waals surface area (Å²) in [4.78, 5) is 11.3. The van der Waals surface area contributed by atoms with E-state index in [9.17, 15) is 4.79 Å². The Bertz CT molecular complexity index is 240. The highest BCUT2D eigenvalue weighted by atomic mass is 16.1. The first-order chi connectivity index (χ1) is 5.28. The smallest absolute Gasteiger partial charge is 0.137 e. The molecule has 0 saturated heterocycles. The lowest BCUT2D eigenvalue weighted by Gasteiger charge is -2.46. The van der Waals surface area contributed by atoms with Crippen LogP contribution in [0.2, 0.25) is 0 Å². The summed E-state index contributed by atoms with van der Waals surface area (Å²) in [5, 5.41) is 8.89. The van der Waals surface area contributed by atoms with Crippen molar-refractivity contribution in [2.24, 2.45) is 11.3 Å². The molecular weight excluding hydrogens is 138 g/mol. The summed E-state index contributed by atoms with van der Waals surface area (Å²) in [5.41, 5.74) is -0.213. The minimum absolute atomic E-state index is 0.112. The van der Waals surface area contributed by atoms with E-state index in [0.29, 0.717) is 12.2 Å². The molecular formula is C9H11NO. The summed E-state index contributed by atoms with van der Waals surface area (Å²) in [6.07, 6.45) is 4.53. The SMILES string of the molecule is N#C[C@]12CCCC(=O)C1CC2. The summed E-state index contributed by atoms with van der Waals surface area (Å²) in [7, 11) is 0. The Balaban J connectivity index is 2.24. The third-order valence-electron chi connectivity index (χ3n) is 3.20. The van der Waals surface area contributed by atoms with Crippen molar-refractivity contribution in [2.45, 2.75) is 32.1 Å². The molecule has 2 nitrogen and oxygen atoms in total. The first kappa shape index (κ1) is 6.84. The minimum Gasteiger partial charge on any atom is -0.299 e. The number of carbonyl (C=O) groups excluding carboxylic acids is 1. The van der Waals surface area contributed by atoms with Crippen LogP contribution in [0.15, 0.2) is 0 Å². The molecule has 0 aromatic rings. The summed E-state index contributed by atoms with van der Waals surface area (Å²) in [6.45, 7) is 0. The number of nitriles is 1. The summed E-state index contributed by atoms with van der Waals surface area (Å²) in [6, 6.07) is 2.33. The second kappa shape index (κ2) is 2.07. The maximum absolute atomic E-state index is 11.3. The van der Waals surface area contributed by atoms with E-state index in [1.165, 1.54) is 0 Å². The second-order valence-corrected chi connectivity index (χ2v) is 3.68. The fraction of sp³-hybridized carbons (Fsp3) is 0.778. The lowest BCUT2D eigenvalue weighted by Crippen LogP contribution is -2.46. The molecule has 2 saturated carbocycles. The highest BCUT2D eigenvalue weighted by molar-refractivity contribution is 5.84. The minimum atomic E-state index is -0.213. The van der Waals surface area contributed by atoms with Crippen molar-refractivity contribution in [2.75, 3.05) is 0 Å². The Morgan fingerprint density at radius 2 is 2.36 bits per heavy atom. The van der Waals surface area contributed by atoms with E-state index in [2.05, 4.69) is 6.07 Å².